The summed E-state index contributed by atoms with van der Waals surface area (Å²) < 4.78 is 5.44. The molecule has 2 fully saturated rings. The Balaban J connectivity index is 0.00000144. The molecule has 0 radical (unpaired) electrons. The number of benzene rings is 1. The van der Waals surface area contributed by atoms with E-state index in [9.17, 15) is 0 Å². The van der Waals surface area contributed by atoms with Gasteiger partial charge in [-0.05, 0) is 18.1 Å². The van der Waals surface area contributed by atoms with Crippen molar-refractivity contribution in [2.45, 2.75) is 26.8 Å². The number of rotatable bonds is 3. The van der Waals surface area contributed by atoms with Crippen molar-refractivity contribution in [1.82, 2.24) is 9.80 Å². The van der Waals surface area contributed by atoms with Crippen LogP contribution in [0, 0.1) is 5.41 Å². The summed E-state index contributed by atoms with van der Waals surface area (Å²) >= 11 is 0. The lowest BCUT2D eigenvalue weighted by Gasteiger charge is -2.27. The molecule has 0 saturated carbocycles. The minimum atomic E-state index is 0. The molecule has 0 N–H and O–H groups in total. The van der Waals surface area contributed by atoms with E-state index in [4.69, 9.17) is 9.73 Å². The molecular formula is C18H29I2N3O. The first-order valence-electron chi connectivity index (χ1n) is 8.24. The second-order valence-corrected chi connectivity index (χ2v) is 7.01. The first kappa shape index (κ1) is 22.1. The molecule has 2 heterocycles. The molecule has 2 aliphatic rings. The predicted octanol–water partition coefficient (Wildman–Crippen LogP) is 4.15. The zero-order chi connectivity index (χ0) is 15.6. The maximum absolute atomic E-state index is 5.44. The highest BCUT2D eigenvalue weighted by atomic mass is 127. The number of likely N-dealkylation sites (tertiary alicyclic amines) is 1. The molecule has 0 aliphatic carbocycles. The Kier molecular flexibility index (Phi) is 8.92. The van der Waals surface area contributed by atoms with Crippen LogP contribution in [0.1, 0.15) is 25.8 Å². The van der Waals surface area contributed by atoms with Gasteiger partial charge in [-0.2, -0.15) is 0 Å². The third kappa shape index (κ3) is 5.28. The standard InChI is InChI=1S/C18H27N3O.2HI/c1-18(2)8-9-20(3)17(18)19-16-7-5-4-6-15(16)14-21-10-12-22-13-11-21;;/h4-7H,8-14H2,1-3H3;2*1H. The van der Waals surface area contributed by atoms with Gasteiger partial charge in [0.05, 0.1) is 18.9 Å². The van der Waals surface area contributed by atoms with Crippen LogP contribution in [-0.2, 0) is 11.3 Å². The number of para-hydroxylation sites is 1. The van der Waals surface area contributed by atoms with E-state index in [0.717, 1.165) is 45.1 Å². The third-order valence-corrected chi connectivity index (χ3v) is 4.75. The summed E-state index contributed by atoms with van der Waals surface area (Å²) in [5.74, 6) is 1.21. The molecule has 0 amide bonds. The molecule has 2 saturated heterocycles. The Morgan fingerprint density at radius 1 is 1.08 bits per heavy atom. The fraction of sp³-hybridized carbons (Fsp3) is 0.611. The lowest BCUT2D eigenvalue weighted by molar-refractivity contribution is 0.0342. The average Bonchev–Trinajstić information content (AvgIpc) is 2.77. The van der Waals surface area contributed by atoms with E-state index >= 15 is 0 Å². The second-order valence-electron chi connectivity index (χ2n) is 7.01. The average molecular weight is 557 g/mol. The van der Waals surface area contributed by atoms with Crippen LogP contribution in [-0.4, -0.2) is 55.5 Å². The van der Waals surface area contributed by atoms with E-state index in [-0.39, 0.29) is 53.4 Å². The van der Waals surface area contributed by atoms with Crippen molar-refractivity contribution in [2.24, 2.45) is 10.4 Å². The van der Waals surface area contributed by atoms with Crippen molar-refractivity contribution in [3.8, 4) is 0 Å². The maximum atomic E-state index is 5.44. The van der Waals surface area contributed by atoms with Crippen molar-refractivity contribution in [3.63, 3.8) is 0 Å². The van der Waals surface area contributed by atoms with E-state index < -0.39 is 0 Å². The number of nitrogens with zero attached hydrogens (tertiary/aromatic N) is 3. The van der Waals surface area contributed by atoms with Crippen molar-refractivity contribution in [1.29, 1.82) is 0 Å². The Hall–Kier alpha value is 0.0700. The summed E-state index contributed by atoms with van der Waals surface area (Å²) in [6.45, 7) is 10.3. The molecule has 0 atom stereocenters. The van der Waals surface area contributed by atoms with Crippen LogP contribution >= 0.6 is 48.0 Å². The zero-order valence-electron chi connectivity index (χ0n) is 14.8. The van der Waals surface area contributed by atoms with Crippen molar-refractivity contribution >= 4 is 59.5 Å². The molecule has 4 nitrogen and oxygen atoms in total. The van der Waals surface area contributed by atoms with Crippen LogP contribution in [0.25, 0.3) is 0 Å². The maximum Gasteiger partial charge on any atom is 0.110 e. The molecule has 136 valence electrons. The topological polar surface area (TPSA) is 28.1 Å². The van der Waals surface area contributed by atoms with E-state index in [2.05, 4.69) is 55.0 Å². The van der Waals surface area contributed by atoms with E-state index in [1.54, 1.807) is 0 Å². The number of hydrogen-bond acceptors (Lipinski definition) is 3. The van der Waals surface area contributed by atoms with Gasteiger partial charge in [-0.1, -0.05) is 32.0 Å². The lowest BCUT2D eigenvalue weighted by Crippen LogP contribution is -2.35. The molecule has 3 rings (SSSR count). The molecular weight excluding hydrogens is 528 g/mol. The van der Waals surface area contributed by atoms with Crippen molar-refractivity contribution < 1.29 is 4.74 Å². The van der Waals surface area contributed by atoms with Crippen LogP contribution in [0.15, 0.2) is 29.3 Å². The van der Waals surface area contributed by atoms with Gasteiger partial charge in [0.1, 0.15) is 5.84 Å². The van der Waals surface area contributed by atoms with Crippen LogP contribution in [0.5, 0.6) is 0 Å². The lowest BCUT2D eigenvalue weighted by atomic mass is 9.91. The number of aliphatic imine (C=N–C) groups is 1. The highest BCUT2D eigenvalue weighted by Gasteiger charge is 2.34. The molecule has 1 aromatic carbocycles. The molecule has 24 heavy (non-hydrogen) atoms. The van der Waals surface area contributed by atoms with Gasteiger partial charge in [0.25, 0.3) is 0 Å². The van der Waals surface area contributed by atoms with Gasteiger partial charge in [0.15, 0.2) is 0 Å². The highest BCUT2D eigenvalue weighted by Crippen LogP contribution is 2.33. The summed E-state index contributed by atoms with van der Waals surface area (Å²) in [4.78, 5) is 9.79. The van der Waals surface area contributed by atoms with Gasteiger partial charge in [-0.25, -0.2) is 4.99 Å². The van der Waals surface area contributed by atoms with Gasteiger partial charge >= 0.3 is 0 Å². The highest BCUT2D eigenvalue weighted by molar-refractivity contribution is 14.0. The van der Waals surface area contributed by atoms with Gasteiger partial charge in [-0.3, -0.25) is 4.90 Å². The SMILES string of the molecule is CN1CCC(C)(C)C1=Nc1ccccc1CN1CCOCC1.I.I. The second kappa shape index (κ2) is 9.68. The fourth-order valence-electron chi connectivity index (χ4n) is 3.29. The molecule has 1 aromatic rings. The predicted molar refractivity (Wildman–Crippen MR) is 121 cm³/mol. The number of halogens is 2. The number of morpholine rings is 1. The summed E-state index contributed by atoms with van der Waals surface area (Å²) in [6, 6.07) is 8.55. The van der Waals surface area contributed by atoms with Crippen molar-refractivity contribution in [3.05, 3.63) is 29.8 Å². The normalized spacial score (nSPS) is 22.1. The molecule has 2 aliphatic heterocycles. The van der Waals surface area contributed by atoms with E-state index in [1.165, 1.54) is 17.8 Å². The monoisotopic (exact) mass is 557 g/mol. The molecule has 0 aromatic heterocycles. The van der Waals surface area contributed by atoms with Crippen LogP contribution in [0.3, 0.4) is 0 Å². The largest absolute Gasteiger partial charge is 0.379 e. The van der Waals surface area contributed by atoms with Gasteiger partial charge in [0, 0.05) is 38.6 Å². The third-order valence-electron chi connectivity index (χ3n) is 4.75. The molecule has 0 bridgehead atoms. The summed E-state index contributed by atoms with van der Waals surface area (Å²) in [5.41, 5.74) is 2.60. The number of ether oxygens (including phenoxy) is 1. The Labute approximate surface area is 180 Å². The van der Waals surface area contributed by atoms with Crippen molar-refractivity contribution in [2.75, 3.05) is 39.9 Å². The Bertz CT molecular complexity index is 557. The summed E-state index contributed by atoms with van der Waals surface area (Å²) in [7, 11) is 2.15. The smallest absolute Gasteiger partial charge is 0.110 e. The fourth-order valence-corrected chi connectivity index (χ4v) is 3.29. The summed E-state index contributed by atoms with van der Waals surface area (Å²) in [6.07, 6.45) is 1.17. The Morgan fingerprint density at radius 2 is 1.75 bits per heavy atom. The van der Waals surface area contributed by atoms with E-state index in [0.29, 0.717) is 0 Å². The van der Waals surface area contributed by atoms with E-state index in [1.807, 2.05) is 0 Å². The minimum absolute atomic E-state index is 0. The van der Waals surface area contributed by atoms with Crippen LogP contribution in [0.2, 0.25) is 0 Å². The van der Waals surface area contributed by atoms with Gasteiger partial charge in [-0.15, -0.1) is 48.0 Å². The molecule has 0 unspecified atom stereocenters. The van der Waals surface area contributed by atoms with Gasteiger partial charge < -0.3 is 9.64 Å². The van der Waals surface area contributed by atoms with Crippen LogP contribution < -0.4 is 0 Å². The zero-order valence-corrected chi connectivity index (χ0v) is 19.5. The number of hydrogen-bond donors (Lipinski definition) is 0. The minimum Gasteiger partial charge on any atom is -0.379 e. The summed E-state index contributed by atoms with van der Waals surface area (Å²) in [5, 5.41) is 0. The quantitative estimate of drug-likeness (QED) is 0.524. The molecule has 0 spiro atoms. The Morgan fingerprint density at radius 3 is 2.38 bits per heavy atom. The molecule has 6 heteroatoms. The first-order valence-corrected chi connectivity index (χ1v) is 8.24. The van der Waals surface area contributed by atoms with Crippen LogP contribution in [0.4, 0.5) is 5.69 Å². The first-order chi connectivity index (χ1) is 10.6. The van der Waals surface area contributed by atoms with Gasteiger partial charge in [0.2, 0.25) is 0 Å². The number of amidine groups is 1.